The topological polar surface area (TPSA) is 47.7 Å². The first-order chi connectivity index (χ1) is 9.13. The van der Waals surface area contributed by atoms with Crippen LogP contribution < -0.4 is 5.32 Å². The molecule has 0 saturated carbocycles. The molecule has 0 amide bonds. The summed E-state index contributed by atoms with van der Waals surface area (Å²) in [5.41, 5.74) is 2.31. The van der Waals surface area contributed by atoms with E-state index in [2.05, 4.69) is 41.6 Å². The Balaban J connectivity index is 2.08. The van der Waals surface area contributed by atoms with Crippen LogP contribution in [0.4, 0.5) is 0 Å². The standard InChI is InChI=1S/C14H23N5/c1-5-11(2)19-7-6-13(17-19)8-14(15-3)12-9-16-18(4)10-12/h6-7,9-11,14-15H,5,8H2,1-4H3. The van der Waals surface area contributed by atoms with Crippen molar-refractivity contribution in [2.75, 3.05) is 7.05 Å². The lowest BCUT2D eigenvalue weighted by atomic mass is 10.1. The van der Waals surface area contributed by atoms with Crippen LogP contribution >= 0.6 is 0 Å². The van der Waals surface area contributed by atoms with Crippen molar-refractivity contribution in [1.29, 1.82) is 0 Å². The van der Waals surface area contributed by atoms with E-state index in [9.17, 15) is 0 Å². The molecule has 2 atom stereocenters. The maximum absolute atomic E-state index is 4.65. The Morgan fingerprint density at radius 2 is 2.21 bits per heavy atom. The largest absolute Gasteiger partial charge is 0.313 e. The molecule has 2 rings (SSSR count). The zero-order valence-corrected chi connectivity index (χ0v) is 12.2. The molecular weight excluding hydrogens is 238 g/mol. The Kier molecular flexibility index (Phi) is 4.37. The molecule has 2 aromatic heterocycles. The Morgan fingerprint density at radius 1 is 1.42 bits per heavy atom. The number of likely N-dealkylation sites (N-methyl/N-ethyl adjacent to an activating group) is 1. The predicted octanol–water partition coefficient (Wildman–Crippen LogP) is 2.09. The van der Waals surface area contributed by atoms with E-state index < -0.39 is 0 Å². The van der Waals surface area contributed by atoms with Crippen LogP contribution in [0.15, 0.2) is 24.7 Å². The Bertz CT molecular complexity index is 513. The van der Waals surface area contributed by atoms with Crippen molar-refractivity contribution in [3.05, 3.63) is 35.9 Å². The van der Waals surface area contributed by atoms with E-state index in [-0.39, 0.29) is 6.04 Å². The highest BCUT2D eigenvalue weighted by atomic mass is 15.3. The van der Waals surface area contributed by atoms with Crippen LogP contribution in [0, 0.1) is 0 Å². The third kappa shape index (κ3) is 3.23. The van der Waals surface area contributed by atoms with Crippen molar-refractivity contribution in [2.45, 2.75) is 38.8 Å². The van der Waals surface area contributed by atoms with Gasteiger partial charge >= 0.3 is 0 Å². The van der Waals surface area contributed by atoms with Gasteiger partial charge in [-0.2, -0.15) is 10.2 Å². The average molecular weight is 261 g/mol. The first-order valence-electron chi connectivity index (χ1n) is 6.83. The summed E-state index contributed by atoms with van der Waals surface area (Å²) < 4.78 is 3.88. The highest BCUT2D eigenvalue weighted by Gasteiger charge is 2.14. The number of hydrogen-bond acceptors (Lipinski definition) is 3. The Labute approximate surface area is 114 Å². The SMILES string of the molecule is CCC(C)n1ccc(CC(NC)c2cnn(C)c2)n1. The smallest absolute Gasteiger partial charge is 0.0643 e. The second kappa shape index (κ2) is 6.02. The predicted molar refractivity (Wildman–Crippen MR) is 75.9 cm³/mol. The number of nitrogens with one attached hydrogen (secondary N) is 1. The molecule has 5 heteroatoms. The number of nitrogens with zero attached hydrogens (tertiary/aromatic N) is 4. The van der Waals surface area contributed by atoms with Gasteiger partial charge in [0.15, 0.2) is 0 Å². The zero-order valence-electron chi connectivity index (χ0n) is 12.2. The summed E-state index contributed by atoms with van der Waals surface area (Å²) in [6, 6.07) is 2.82. The molecule has 0 aliphatic rings. The number of aromatic nitrogens is 4. The average Bonchev–Trinajstić information content (AvgIpc) is 3.04. The third-order valence-corrected chi connectivity index (χ3v) is 3.59. The molecule has 0 aliphatic heterocycles. The van der Waals surface area contributed by atoms with E-state index in [1.165, 1.54) is 5.56 Å². The van der Waals surface area contributed by atoms with Crippen molar-refractivity contribution in [1.82, 2.24) is 24.9 Å². The van der Waals surface area contributed by atoms with Gasteiger partial charge in [-0.15, -0.1) is 0 Å². The molecule has 0 fully saturated rings. The lowest BCUT2D eigenvalue weighted by Crippen LogP contribution is -2.19. The van der Waals surface area contributed by atoms with E-state index in [4.69, 9.17) is 0 Å². The highest BCUT2D eigenvalue weighted by Crippen LogP contribution is 2.17. The zero-order chi connectivity index (χ0) is 13.8. The fourth-order valence-electron chi connectivity index (χ4n) is 2.13. The van der Waals surface area contributed by atoms with Gasteiger partial charge in [0.25, 0.3) is 0 Å². The number of aryl methyl sites for hydroxylation is 1. The molecule has 0 spiro atoms. The molecule has 0 bridgehead atoms. The number of hydrogen-bond donors (Lipinski definition) is 1. The molecule has 104 valence electrons. The van der Waals surface area contributed by atoms with Gasteiger partial charge in [0.05, 0.1) is 11.9 Å². The van der Waals surface area contributed by atoms with Crippen LogP contribution in [-0.2, 0) is 13.5 Å². The van der Waals surface area contributed by atoms with E-state index in [0.29, 0.717) is 6.04 Å². The van der Waals surface area contributed by atoms with Gasteiger partial charge in [0.1, 0.15) is 0 Å². The van der Waals surface area contributed by atoms with Gasteiger partial charge < -0.3 is 5.32 Å². The summed E-state index contributed by atoms with van der Waals surface area (Å²) in [4.78, 5) is 0. The molecule has 0 saturated heterocycles. The van der Waals surface area contributed by atoms with Crippen LogP contribution in [0.25, 0.3) is 0 Å². The normalized spacial score (nSPS) is 14.5. The van der Waals surface area contributed by atoms with Crippen molar-refractivity contribution in [3.63, 3.8) is 0 Å². The van der Waals surface area contributed by atoms with Gasteiger partial charge in [0, 0.05) is 43.5 Å². The van der Waals surface area contributed by atoms with Crippen LogP contribution in [0.5, 0.6) is 0 Å². The van der Waals surface area contributed by atoms with Crippen LogP contribution in [0.3, 0.4) is 0 Å². The molecule has 5 nitrogen and oxygen atoms in total. The van der Waals surface area contributed by atoms with Crippen LogP contribution in [0.2, 0.25) is 0 Å². The van der Waals surface area contributed by atoms with Crippen molar-refractivity contribution in [2.24, 2.45) is 7.05 Å². The van der Waals surface area contributed by atoms with E-state index in [1.54, 1.807) is 0 Å². The molecule has 2 aromatic rings. The maximum Gasteiger partial charge on any atom is 0.0643 e. The number of rotatable bonds is 6. The molecule has 1 N–H and O–H groups in total. The van der Waals surface area contributed by atoms with E-state index >= 15 is 0 Å². The lowest BCUT2D eigenvalue weighted by molar-refractivity contribution is 0.469. The fourth-order valence-corrected chi connectivity index (χ4v) is 2.13. The first-order valence-corrected chi connectivity index (χ1v) is 6.83. The quantitative estimate of drug-likeness (QED) is 0.866. The van der Waals surface area contributed by atoms with Gasteiger partial charge in [-0.1, -0.05) is 6.92 Å². The monoisotopic (exact) mass is 261 g/mol. The van der Waals surface area contributed by atoms with E-state index in [0.717, 1.165) is 18.5 Å². The van der Waals surface area contributed by atoms with Gasteiger partial charge in [-0.25, -0.2) is 0 Å². The molecule has 19 heavy (non-hydrogen) atoms. The summed E-state index contributed by atoms with van der Waals surface area (Å²) in [5.74, 6) is 0. The van der Waals surface area contributed by atoms with Crippen molar-refractivity contribution >= 4 is 0 Å². The minimum Gasteiger partial charge on any atom is -0.313 e. The van der Waals surface area contributed by atoms with Gasteiger partial charge in [0.2, 0.25) is 0 Å². The molecular formula is C14H23N5. The van der Waals surface area contributed by atoms with Gasteiger partial charge in [-0.3, -0.25) is 9.36 Å². The molecule has 0 radical (unpaired) electrons. The Morgan fingerprint density at radius 3 is 2.79 bits per heavy atom. The second-order valence-corrected chi connectivity index (χ2v) is 5.04. The van der Waals surface area contributed by atoms with Crippen LogP contribution in [0.1, 0.15) is 43.6 Å². The van der Waals surface area contributed by atoms with Crippen LogP contribution in [-0.4, -0.2) is 26.6 Å². The van der Waals surface area contributed by atoms with Crippen molar-refractivity contribution < 1.29 is 0 Å². The second-order valence-electron chi connectivity index (χ2n) is 5.04. The summed E-state index contributed by atoms with van der Waals surface area (Å²) in [5, 5.41) is 12.2. The fraction of sp³-hybridized carbons (Fsp3) is 0.571. The van der Waals surface area contributed by atoms with E-state index in [1.807, 2.05) is 35.9 Å². The Hall–Kier alpha value is -1.62. The lowest BCUT2D eigenvalue weighted by Gasteiger charge is -2.13. The van der Waals surface area contributed by atoms with Gasteiger partial charge in [-0.05, 0) is 26.5 Å². The molecule has 2 unspecified atom stereocenters. The third-order valence-electron chi connectivity index (χ3n) is 3.59. The molecule has 0 aromatic carbocycles. The summed E-state index contributed by atoms with van der Waals surface area (Å²) in [6.07, 6.45) is 8.00. The minimum atomic E-state index is 0.258. The molecule has 2 heterocycles. The summed E-state index contributed by atoms with van der Waals surface area (Å²) >= 11 is 0. The molecule has 0 aliphatic carbocycles. The maximum atomic E-state index is 4.65. The summed E-state index contributed by atoms with van der Waals surface area (Å²) in [6.45, 7) is 4.37. The summed E-state index contributed by atoms with van der Waals surface area (Å²) in [7, 11) is 3.91. The van der Waals surface area contributed by atoms with Crippen molar-refractivity contribution in [3.8, 4) is 0 Å². The first kappa shape index (κ1) is 13.8. The minimum absolute atomic E-state index is 0.258. The highest BCUT2D eigenvalue weighted by molar-refractivity contribution is 5.14.